The molecule has 2 amide bonds. The Labute approximate surface area is 155 Å². The predicted molar refractivity (Wildman–Crippen MR) is 100 cm³/mol. The second-order valence-corrected chi connectivity index (χ2v) is 6.74. The van der Waals surface area contributed by atoms with Crippen molar-refractivity contribution in [2.45, 2.75) is 57.5 Å². The molecule has 1 aliphatic heterocycles. The summed E-state index contributed by atoms with van der Waals surface area (Å²) in [5.74, 6) is -1.15. The molecule has 1 aliphatic rings. The molecule has 1 fully saturated rings. The van der Waals surface area contributed by atoms with E-state index in [2.05, 4.69) is 5.32 Å². The zero-order chi connectivity index (χ0) is 18.8. The average molecular weight is 359 g/mol. The Morgan fingerprint density at radius 3 is 2.50 bits per heavy atom. The Morgan fingerprint density at radius 1 is 1.08 bits per heavy atom. The molecular formula is C20H29N3O3. The third kappa shape index (κ3) is 5.95. The smallest absolute Gasteiger partial charge is 0.289 e. The Balaban J connectivity index is 1.79. The molecule has 6 nitrogen and oxygen atoms in total. The molecule has 1 atom stereocenters. The van der Waals surface area contributed by atoms with Crippen molar-refractivity contribution in [2.24, 2.45) is 5.73 Å². The van der Waals surface area contributed by atoms with E-state index in [1.807, 2.05) is 30.3 Å². The standard InChI is InChI=1S/C20H29N3O3/c21-13-7-2-1-3-8-14-22-20(26)19(25)17-11-12-18(24)23(17)15-16-9-5-4-6-10-16/h4-6,9-10,17H,1-3,7-8,11-15,21H2,(H,22,26). The van der Waals surface area contributed by atoms with Crippen molar-refractivity contribution < 1.29 is 14.4 Å². The van der Waals surface area contributed by atoms with Crippen LogP contribution in [0.1, 0.15) is 50.5 Å². The highest BCUT2D eigenvalue weighted by atomic mass is 16.2. The van der Waals surface area contributed by atoms with Gasteiger partial charge in [-0.05, 0) is 31.4 Å². The summed E-state index contributed by atoms with van der Waals surface area (Å²) < 4.78 is 0. The van der Waals surface area contributed by atoms with E-state index in [1.54, 1.807) is 0 Å². The fraction of sp³-hybridized carbons (Fsp3) is 0.550. The van der Waals surface area contributed by atoms with Crippen LogP contribution in [0.5, 0.6) is 0 Å². The van der Waals surface area contributed by atoms with Crippen molar-refractivity contribution in [3.8, 4) is 0 Å². The van der Waals surface area contributed by atoms with Gasteiger partial charge in [0.05, 0.1) is 0 Å². The van der Waals surface area contributed by atoms with Gasteiger partial charge in [-0.3, -0.25) is 14.4 Å². The molecule has 1 unspecified atom stereocenters. The number of ketones is 1. The number of carbonyl (C=O) groups excluding carboxylic acids is 3. The number of carbonyl (C=O) groups is 3. The molecule has 0 aliphatic carbocycles. The van der Waals surface area contributed by atoms with Crippen molar-refractivity contribution in [1.82, 2.24) is 10.2 Å². The predicted octanol–water partition coefficient (Wildman–Crippen LogP) is 1.77. The molecule has 1 aromatic carbocycles. The number of nitrogens with two attached hydrogens (primary N) is 1. The second kappa shape index (κ2) is 10.7. The lowest BCUT2D eigenvalue weighted by Gasteiger charge is -2.23. The minimum atomic E-state index is -0.646. The first-order chi connectivity index (χ1) is 12.6. The Kier molecular flexibility index (Phi) is 8.28. The van der Waals surface area contributed by atoms with Crippen LogP contribution in [0.2, 0.25) is 0 Å². The minimum Gasteiger partial charge on any atom is -0.349 e. The maximum absolute atomic E-state index is 12.5. The number of unbranched alkanes of at least 4 members (excludes halogenated alkanes) is 4. The quantitative estimate of drug-likeness (QED) is 0.465. The highest BCUT2D eigenvalue weighted by Crippen LogP contribution is 2.22. The van der Waals surface area contributed by atoms with Crippen LogP contribution in [0.3, 0.4) is 0 Å². The monoisotopic (exact) mass is 359 g/mol. The lowest BCUT2D eigenvalue weighted by molar-refractivity contribution is -0.143. The molecule has 2 rings (SSSR count). The Morgan fingerprint density at radius 2 is 1.77 bits per heavy atom. The molecule has 1 saturated heterocycles. The number of hydrogen-bond acceptors (Lipinski definition) is 4. The number of benzene rings is 1. The van der Waals surface area contributed by atoms with Gasteiger partial charge in [-0.15, -0.1) is 0 Å². The van der Waals surface area contributed by atoms with Crippen molar-refractivity contribution in [3.63, 3.8) is 0 Å². The molecule has 0 radical (unpaired) electrons. The van der Waals surface area contributed by atoms with E-state index in [1.165, 1.54) is 4.90 Å². The van der Waals surface area contributed by atoms with Crippen molar-refractivity contribution in [2.75, 3.05) is 13.1 Å². The number of nitrogens with zero attached hydrogens (tertiary/aromatic N) is 1. The van der Waals surface area contributed by atoms with E-state index in [0.29, 0.717) is 32.5 Å². The van der Waals surface area contributed by atoms with Crippen LogP contribution in [0.25, 0.3) is 0 Å². The summed E-state index contributed by atoms with van der Waals surface area (Å²) in [5, 5.41) is 2.70. The van der Waals surface area contributed by atoms with Gasteiger partial charge in [0.25, 0.3) is 5.91 Å². The zero-order valence-electron chi connectivity index (χ0n) is 15.3. The second-order valence-electron chi connectivity index (χ2n) is 6.74. The number of Topliss-reactive ketones (excluding diaryl/α,β-unsaturated/α-hetero) is 1. The Bertz CT molecular complexity index is 604. The van der Waals surface area contributed by atoms with E-state index >= 15 is 0 Å². The minimum absolute atomic E-state index is 0.0695. The zero-order valence-corrected chi connectivity index (χ0v) is 15.3. The van der Waals surface area contributed by atoms with Crippen LogP contribution in [0.4, 0.5) is 0 Å². The van der Waals surface area contributed by atoms with Crippen molar-refractivity contribution >= 4 is 17.6 Å². The fourth-order valence-electron chi connectivity index (χ4n) is 3.22. The average Bonchev–Trinajstić information content (AvgIpc) is 3.01. The first-order valence-corrected chi connectivity index (χ1v) is 9.49. The molecule has 3 N–H and O–H groups in total. The fourth-order valence-corrected chi connectivity index (χ4v) is 3.22. The third-order valence-electron chi connectivity index (χ3n) is 4.72. The van der Waals surface area contributed by atoms with Crippen molar-refractivity contribution in [1.29, 1.82) is 0 Å². The number of hydrogen-bond donors (Lipinski definition) is 2. The Hall–Kier alpha value is -2.21. The molecular weight excluding hydrogens is 330 g/mol. The van der Waals surface area contributed by atoms with Gasteiger partial charge in [-0.2, -0.15) is 0 Å². The summed E-state index contributed by atoms with van der Waals surface area (Å²) in [4.78, 5) is 38.3. The molecule has 6 heteroatoms. The topological polar surface area (TPSA) is 92.5 Å². The van der Waals surface area contributed by atoms with Crippen LogP contribution < -0.4 is 11.1 Å². The van der Waals surface area contributed by atoms with Crippen LogP contribution in [0, 0.1) is 0 Å². The van der Waals surface area contributed by atoms with E-state index in [9.17, 15) is 14.4 Å². The molecule has 0 saturated carbocycles. The van der Waals surface area contributed by atoms with Crippen LogP contribution in [0.15, 0.2) is 30.3 Å². The summed E-state index contributed by atoms with van der Waals surface area (Å²) in [6.45, 7) is 1.57. The van der Waals surface area contributed by atoms with Gasteiger partial charge in [0.2, 0.25) is 11.7 Å². The molecule has 142 valence electrons. The highest BCUT2D eigenvalue weighted by Gasteiger charge is 2.38. The summed E-state index contributed by atoms with van der Waals surface area (Å²) in [7, 11) is 0. The van der Waals surface area contributed by atoms with Gasteiger partial charge < -0.3 is 16.0 Å². The van der Waals surface area contributed by atoms with Crippen molar-refractivity contribution in [3.05, 3.63) is 35.9 Å². The summed E-state index contributed by atoms with van der Waals surface area (Å²) >= 11 is 0. The molecule has 1 heterocycles. The molecule has 0 aromatic heterocycles. The lowest BCUT2D eigenvalue weighted by Crippen LogP contribution is -2.45. The maximum Gasteiger partial charge on any atom is 0.289 e. The van der Waals surface area contributed by atoms with E-state index in [0.717, 1.165) is 37.7 Å². The molecule has 0 spiro atoms. The van der Waals surface area contributed by atoms with Gasteiger partial charge in [0, 0.05) is 19.5 Å². The largest absolute Gasteiger partial charge is 0.349 e. The van der Waals surface area contributed by atoms with E-state index in [-0.39, 0.29) is 5.91 Å². The van der Waals surface area contributed by atoms with E-state index < -0.39 is 17.7 Å². The molecule has 1 aromatic rings. The van der Waals surface area contributed by atoms with Gasteiger partial charge in [-0.25, -0.2) is 0 Å². The van der Waals surface area contributed by atoms with Gasteiger partial charge in [0.1, 0.15) is 6.04 Å². The highest BCUT2D eigenvalue weighted by molar-refractivity contribution is 6.38. The summed E-state index contributed by atoms with van der Waals surface area (Å²) in [6.07, 6.45) is 5.80. The number of nitrogens with one attached hydrogen (secondary N) is 1. The van der Waals surface area contributed by atoms with Gasteiger partial charge in [-0.1, -0.05) is 49.6 Å². The van der Waals surface area contributed by atoms with Crippen LogP contribution >= 0.6 is 0 Å². The first-order valence-electron chi connectivity index (χ1n) is 9.49. The summed E-state index contributed by atoms with van der Waals surface area (Å²) in [5.41, 5.74) is 6.41. The van der Waals surface area contributed by atoms with Crippen LogP contribution in [-0.4, -0.2) is 41.6 Å². The maximum atomic E-state index is 12.5. The van der Waals surface area contributed by atoms with E-state index in [4.69, 9.17) is 5.73 Å². The van der Waals surface area contributed by atoms with Gasteiger partial charge in [0.15, 0.2) is 0 Å². The SMILES string of the molecule is NCCCCCCCNC(=O)C(=O)C1CCC(=O)N1Cc1ccccc1. The number of amides is 2. The normalized spacial score (nSPS) is 16.7. The molecule has 26 heavy (non-hydrogen) atoms. The summed E-state index contributed by atoms with van der Waals surface area (Å²) in [6, 6.07) is 8.88. The third-order valence-corrected chi connectivity index (χ3v) is 4.72. The lowest BCUT2D eigenvalue weighted by atomic mass is 10.1. The van der Waals surface area contributed by atoms with Crippen LogP contribution in [-0.2, 0) is 20.9 Å². The van der Waals surface area contributed by atoms with Gasteiger partial charge >= 0.3 is 0 Å². The number of likely N-dealkylation sites (tertiary alicyclic amines) is 1. The molecule has 0 bridgehead atoms. The first kappa shape index (κ1) is 20.1. The number of rotatable bonds is 11.